The van der Waals surface area contributed by atoms with Crippen LogP contribution in [0.3, 0.4) is 0 Å². The third kappa shape index (κ3) is 2.87. The Morgan fingerprint density at radius 3 is 2.31 bits per heavy atom. The van der Waals surface area contributed by atoms with Gasteiger partial charge in [0.15, 0.2) is 0 Å². The molecule has 4 heteroatoms. The molecule has 0 fully saturated rings. The van der Waals surface area contributed by atoms with Crippen molar-refractivity contribution in [1.82, 2.24) is 5.32 Å². The zero-order chi connectivity index (χ0) is 11.5. The topological polar surface area (TPSA) is 32.3 Å². The Hall–Kier alpha value is -0.320. The van der Waals surface area contributed by atoms with Crippen molar-refractivity contribution in [1.29, 1.82) is 0 Å². The van der Waals surface area contributed by atoms with Crippen molar-refractivity contribution >= 4 is 31.9 Å². The van der Waals surface area contributed by atoms with Gasteiger partial charge in [-0.1, -0.05) is 12.2 Å². The van der Waals surface area contributed by atoms with Crippen LogP contribution in [0.2, 0.25) is 0 Å². The van der Waals surface area contributed by atoms with E-state index in [1.54, 1.807) is 0 Å². The number of rotatable bonds is 3. The van der Waals surface area contributed by atoms with Gasteiger partial charge in [0.2, 0.25) is 0 Å². The average molecular weight is 347 g/mol. The molecule has 2 nitrogen and oxygen atoms in total. The minimum absolute atomic E-state index is 0.256. The monoisotopic (exact) mass is 345 g/mol. The first-order chi connectivity index (χ1) is 7.66. The summed E-state index contributed by atoms with van der Waals surface area (Å²) >= 11 is 6.66. The largest absolute Gasteiger partial charge is 0.506 e. The Labute approximate surface area is 112 Å². The zero-order valence-corrected chi connectivity index (χ0v) is 11.9. The van der Waals surface area contributed by atoms with Gasteiger partial charge in [-0.05, 0) is 62.4 Å². The van der Waals surface area contributed by atoms with Crippen LogP contribution in [0.5, 0.6) is 5.75 Å². The van der Waals surface area contributed by atoms with E-state index in [0.717, 1.165) is 33.9 Å². The fourth-order valence-electron chi connectivity index (χ4n) is 1.77. The van der Waals surface area contributed by atoms with Crippen LogP contribution < -0.4 is 5.32 Å². The van der Waals surface area contributed by atoms with Gasteiger partial charge in [0.05, 0.1) is 8.95 Å². The van der Waals surface area contributed by atoms with Crippen molar-refractivity contribution in [2.45, 2.75) is 25.4 Å². The van der Waals surface area contributed by atoms with E-state index in [9.17, 15) is 5.11 Å². The number of halogens is 2. The number of hydrogen-bond acceptors (Lipinski definition) is 2. The Bertz CT molecular complexity index is 386. The molecule has 1 aliphatic rings. The van der Waals surface area contributed by atoms with E-state index in [0.29, 0.717) is 6.04 Å². The number of phenols is 1. The van der Waals surface area contributed by atoms with Crippen molar-refractivity contribution in [2.75, 3.05) is 0 Å². The molecule has 0 amide bonds. The number of hydrogen-bond donors (Lipinski definition) is 2. The molecule has 1 aromatic rings. The molecule has 0 saturated carbocycles. The molecular formula is C12H13Br2NO. The summed E-state index contributed by atoms with van der Waals surface area (Å²) in [4.78, 5) is 0. The third-order valence-electron chi connectivity index (χ3n) is 2.68. The lowest BCUT2D eigenvalue weighted by Crippen LogP contribution is -2.25. The molecule has 86 valence electrons. The van der Waals surface area contributed by atoms with Crippen LogP contribution >= 0.6 is 31.9 Å². The van der Waals surface area contributed by atoms with Crippen molar-refractivity contribution < 1.29 is 5.11 Å². The van der Waals surface area contributed by atoms with Crippen LogP contribution in [0.1, 0.15) is 18.4 Å². The smallest absolute Gasteiger partial charge is 0.143 e. The van der Waals surface area contributed by atoms with Gasteiger partial charge in [-0.2, -0.15) is 0 Å². The van der Waals surface area contributed by atoms with E-state index in [1.165, 1.54) is 0 Å². The van der Waals surface area contributed by atoms with E-state index in [4.69, 9.17) is 0 Å². The summed E-state index contributed by atoms with van der Waals surface area (Å²) < 4.78 is 1.45. The van der Waals surface area contributed by atoms with Gasteiger partial charge in [0.25, 0.3) is 0 Å². The molecule has 0 heterocycles. The second-order valence-corrected chi connectivity index (χ2v) is 5.64. The maximum absolute atomic E-state index is 9.59. The lowest BCUT2D eigenvalue weighted by atomic mass is 10.2. The predicted octanol–water partition coefficient (Wildman–Crippen LogP) is 3.73. The Kier molecular flexibility index (Phi) is 4.05. The lowest BCUT2D eigenvalue weighted by molar-refractivity contribution is 0.467. The molecule has 1 aromatic carbocycles. The summed E-state index contributed by atoms with van der Waals surface area (Å²) in [5, 5.41) is 13.1. The van der Waals surface area contributed by atoms with E-state index in [-0.39, 0.29) is 5.75 Å². The number of nitrogens with one attached hydrogen (secondary N) is 1. The summed E-state index contributed by atoms with van der Waals surface area (Å²) in [6.07, 6.45) is 6.64. The minimum Gasteiger partial charge on any atom is -0.506 e. The van der Waals surface area contributed by atoms with Crippen molar-refractivity contribution in [2.24, 2.45) is 0 Å². The van der Waals surface area contributed by atoms with Crippen molar-refractivity contribution in [3.63, 3.8) is 0 Å². The normalized spacial score (nSPS) is 15.9. The molecule has 0 spiro atoms. The van der Waals surface area contributed by atoms with Crippen molar-refractivity contribution in [3.8, 4) is 5.75 Å². The Balaban J connectivity index is 1.99. The highest BCUT2D eigenvalue weighted by Crippen LogP contribution is 2.33. The van der Waals surface area contributed by atoms with E-state index in [2.05, 4.69) is 49.3 Å². The molecule has 1 aliphatic carbocycles. The number of aromatic hydroxyl groups is 1. The molecule has 0 saturated heterocycles. The van der Waals surface area contributed by atoms with Crippen LogP contribution in [0.25, 0.3) is 0 Å². The molecule has 0 atom stereocenters. The second-order valence-electron chi connectivity index (χ2n) is 3.93. The fourth-order valence-corrected chi connectivity index (χ4v) is 3.05. The minimum atomic E-state index is 0.256. The molecule has 0 bridgehead atoms. The first-order valence-electron chi connectivity index (χ1n) is 5.22. The molecule has 16 heavy (non-hydrogen) atoms. The fraction of sp³-hybridized carbons (Fsp3) is 0.333. The van der Waals surface area contributed by atoms with Gasteiger partial charge in [-0.3, -0.25) is 0 Å². The van der Waals surface area contributed by atoms with Crippen LogP contribution in [-0.2, 0) is 6.54 Å². The Morgan fingerprint density at radius 2 is 1.75 bits per heavy atom. The molecule has 0 radical (unpaired) electrons. The standard InChI is InChI=1S/C12H13Br2NO/c13-10-5-8(6-11(14)12(10)16)7-15-9-3-1-2-4-9/h1-2,5-6,9,15-16H,3-4,7H2. The van der Waals surface area contributed by atoms with Crippen molar-refractivity contribution in [3.05, 3.63) is 38.8 Å². The van der Waals surface area contributed by atoms with Crippen LogP contribution in [0.15, 0.2) is 33.2 Å². The first-order valence-corrected chi connectivity index (χ1v) is 6.80. The van der Waals surface area contributed by atoms with E-state index >= 15 is 0 Å². The van der Waals surface area contributed by atoms with Gasteiger partial charge in [0, 0.05) is 12.6 Å². The summed E-state index contributed by atoms with van der Waals surface area (Å²) in [6.45, 7) is 0.823. The second kappa shape index (κ2) is 5.34. The van der Waals surface area contributed by atoms with Gasteiger partial charge in [-0.15, -0.1) is 0 Å². The third-order valence-corrected chi connectivity index (χ3v) is 3.89. The zero-order valence-electron chi connectivity index (χ0n) is 8.71. The predicted molar refractivity (Wildman–Crippen MR) is 72.5 cm³/mol. The summed E-state index contributed by atoms with van der Waals surface area (Å²) in [7, 11) is 0. The van der Waals surface area contributed by atoms with Crippen LogP contribution in [-0.4, -0.2) is 11.1 Å². The first kappa shape index (κ1) is 12.1. The van der Waals surface area contributed by atoms with Gasteiger partial charge in [-0.25, -0.2) is 0 Å². The highest BCUT2D eigenvalue weighted by Gasteiger charge is 2.10. The van der Waals surface area contributed by atoms with Gasteiger partial charge >= 0.3 is 0 Å². The van der Waals surface area contributed by atoms with Gasteiger partial charge in [0.1, 0.15) is 5.75 Å². The maximum Gasteiger partial charge on any atom is 0.143 e. The molecule has 2 rings (SSSR count). The molecule has 2 N–H and O–H groups in total. The summed E-state index contributed by atoms with van der Waals surface area (Å²) in [5.41, 5.74) is 1.16. The number of benzene rings is 1. The summed E-state index contributed by atoms with van der Waals surface area (Å²) in [5.74, 6) is 0.256. The molecule has 0 aromatic heterocycles. The van der Waals surface area contributed by atoms with E-state index in [1.807, 2.05) is 12.1 Å². The molecular weight excluding hydrogens is 334 g/mol. The molecule has 0 unspecified atom stereocenters. The maximum atomic E-state index is 9.59. The lowest BCUT2D eigenvalue weighted by Gasteiger charge is -2.12. The highest BCUT2D eigenvalue weighted by molar-refractivity contribution is 9.11. The quantitative estimate of drug-likeness (QED) is 0.817. The molecule has 0 aliphatic heterocycles. The van der Waals surface area contributed by atoms with Crippen LogP contribution in [0, 0.1) is 0 Å². The van der Waals surface area contributed by atoms with Gasteiger partial charge < -0.3 is 10.4 Å². The average Bonchev–Trinajstić information content (AvgIpc) is 2.75. The SMILES string of the molecule is Oc1c(Br)cc(CNC2CC=CC2)cc1Br. The summed E-state index contributed by atoms with van der Waals surface area (Å²) in [6, 6.07) is 4.44. The number of phenolic OH excluding ortho intramolecular Hbond substituents is 1. The Morgan fingerprint density at radius 1 is 1.19 bits per heavy atom. The highest BCUT2D eigenvalue weighted by atomic mass is 79.9. The van der Waals surface area contributed by atoms with E-state index < -0.39 is 0 Å². The van der Waals surface area contributed by atoms with Crippen LogP contribution in [0.4, 0.5) is 0 Å².